The normalized spacial score (nSPS) is 13.3. The molecular weight excluding hydrogens is 380 g/mol. The molecule has 30 heavy (non-hydrogen) atoms. The molecule has 3 rings (SSSR count). The molecule has 2 aromatic carbocycles. The molecule has 2 N–H and O–H groups in total. The highest BCUT2D eigenvalue weighted by Crippen LogP contribution is 2.26. The number of carbonyl (C=O) groups is 3. The van der Waals surface area contributed by atoms with Gasteiger partial charge < -0.3 is 10.6 Å². The van der Waals surface area contributed by atoms with Crippen molar-refractivity contribution in [3.63, 3.8) is 0 Å². The van der Waals surface area contributed by atoms with E-state index < -0.39 is 5.91 Å². The summed E-state index contributed by atoms with van der Waals surface area (Å²) in [7, 11) is 0. The molecule has 0 fully saturated rings. The Hall–Kier alpha value is -3.92. The fourth-order valence-corrected chi connectivity index (χ4v) is 3.06. The van der Waals surface area contributed by atoms with E-state index in [2.05, 4.69) is 21.7 Å². The largest absolute Gasteiger partial charge is 0.341 e. The molecule has 1 heterocycles. The van der Waals surface area contributed by atoms with Crippen LogP contribution in [0, 0.1) is 26.2 Å². The van der Waals surface area contributed by atoms with E-state index >= 15 is 0 Å². The lowest BCUT2D eigenvalue weighted by atomic mass is 10.1. The lowest BCUT2D eigenvalue weighted by molar-refractivity contribution is -0.118. The number of benzene rings is 2. The average Bonchev–Trinajstić information content (AvgIpc) is 2.74. The van der Waals surface area contributed by atoms with Crippen molar-refractivity contribution in [3.05, 3.63) is 59.2 Å². The summed E-state index contributed by atoms with van der Waals surface area (Å²) in [6, 6.07) is 12.3. The van der Waals surface area contributed by atoms with Crippen molar-refractivity contribution in [1.29, 1.82) is 0 Å². The fraction of sp³-hybridized carbons (Fsp3) is 0.217. The lowest BCUT2D eigenvalue weighted by Gasteiger charge is -2.25. The highest BCUT2D eigenvalue weighted by Gasteiger charge is 2.27. The molecule has 0 aliphatic carbocycles. The molecule has 3 amide bonds. The minimum Gasteiger partial charge on any atom is -0.341 e. The Kier molecular flexibility index (Phi) is 6.28. The van der Waals surface area contributed by atoms with E-state index in [-0.39, 0.29) is 36.9 Å². The predicted molar refractivity (Wildman–Crippen MR) is 116 cm³/mol. The van der Waals surface area contributed by atoms with Gasteiger partial charge in [-0.05, 0) is 43.2 Å². The van der Waals surface area contributed by atoms with Gasteiger partial charge in [-0.3, -0.25) is 14.4 Å². The van der Waals surface area contributed by atoms with Gasteiger partial charge in [0.2, 0.25) is 5.91 Å². The number of nitrogens with one attached hydrogen (secondary N) is 2. The lowest BCUT2D eigenvalue weighted by Crippen LogP contribution is -2.37. The molecule has 7 nitrogen and oxygen atoms in total. The van der Waals surface area contributed by atoms with E-state index in [1.54, 1.807) is 24.3 Å². The van der Waals surface area contributed by atoms with Crippen molar-refractivity contribution in [2.24, 2.45) is 5.10 Å². The van der Waals surface area contributed by atoms with Crippen LogP contribution in [0.4, 0.5) is 11.4 Å². The number of hydrogen-bond donors (Lipinski definition) is 2. The second-order valence-electron chi connectivity index (χ2n) is 6.93. The number of anilines is 2. The van der Waals surface area contributed by atoms with Crippen molar-refractivity contribution < 1.29 is 14.4 Å². The van der Waals surface area contributed by atoms with Crippen LogP contribution in [0.2, 0.25) is 0 Å². The van der Waals surface area contributed by atoms with Crippen molar-refractivity contribution in [1.82, 2.24) is 5.32 Å². The minimum absolute atomic E-state index is 0.0841. The second kappa shape index (κ2) is 9.05. The van der Waals surface area contributed by atoms with Gasteiger partial charge in [0, 0.05) is 12.8 Å². The molecular formula is C23H22N4O3. The Labute approximate surface area is 175 Å². The molecule has 0 saturated heterocycles. The maximum Gasteiger partial charge on any atom is 0.271 e. The van der Waals surface area contributed by atoms with E-state index in [9.17, 15) is 14.4 Å². The van der Waals surface area contributed by atoms with Crippen LogP contribution in [0.1, 0.15) is 34.3 Å². The summed E-state index contributed by atoms with van der Waals surface area (Å²) < 4.78 is 0. The van der Waals surface area contributed by atoms with E-state index in [4.69, 9.17) is 6.42 Å². The van der Waals surface area contributed by atoms with Crippen molar-refractivity contribution >= 4 is 34.8 Å². The van der Waals surface area contributed by atoms with Gasteiger partial charge in [-0.2, -0.15) is 5.10 Å². The van der Waals surface area contributed by atoms with Gasteiger partial charge in [0.05, 0.1) is 23.5 Å². The third-order valence-corrected chi connectivity index (χ3v) is 4.66. The number of nitrogens with zero attached hydrogens (tertiary/aromatic N) is 2. The Morgan fingerprint density at radius 3 is 2.67 bits per heavy atom. The van der Waals surface area contributed by atoms with Crippen molar-refractivity contribution in [3.8, 4) is 12.3 Å². The number of carbonyl (C=O) groups excluding carboxylic acids is 3. The third kappa shape index (κ3) is 4.55. The smallest absolute Gasteiger partial charge is 0.271 e. The summed E-state index contributed by atoms with van der Waals surface area (Å²) in [5.74, 6) is 1.32. The van der Waals surface area contributed by atoms with Gasteiger partial charge in [-0.1, -0.05) is 30.2 Å². The summed E-state index contributed by atoms with van der Waals surface area (Å²) in [6.45, 7) is 3.90. The molecule has 0 spiro atoms. The second-order valence-corrected chi connectivity index (χ2v) is 6.93. The number of para-hydroxylation sites is 1. The monoisotopic (exact) mass is 402 g/mol. The standard InChI is InChI=1S/C23H22N4O3/c1-4-13-24-22(29)17-7-5-6-8-18(17)25-23(30)19-11-12-21(28)27(26-19)20-14-15(2)9-10-16(20)3/h1,5-10,14H,11-13H2,2-3H3,(H,24,29)(H,25,30). The number of aryl methyl sites for hydroxylation is 2. The zero-order valence-corrected chi connectivity index (χ0v) is 16.9. The molecule has 7 heteroatoms. The number of amides is 3. The molecule has 0 unspecified atom stereocenters. The molecule has 2 aromatic rings. The highest BCUT2D eigenvalue weighted by molar-refractivity contribution is 6.44. The van der Waals surface area contributed by atoms with E-state index in [0.29, 0.717) is 16.9 Å². The zero-order chi connectivity index (χ0) is 21.7. The first kappa shape index (κ1) is 20.8. The summed E-state index contributed by atoms with van der Waals surface area (Å²) in [5.41, 5.74) is 3.38. The average molecular weight is 402 g/mol. The maximum atomic E-state index is 12.8. The van der Waals surface area contributed by atoms with Crippen LogP contribution in [0.5, 0.6) is 0 Å². The van der Waals surface area contributed by atoms with Crippen LogP contribution in [0.25, 0.3) is 0 Å². The SMILES string of the molecule is C#CCNC(=O)c1ccccc1NC(=O)C1=NN(c2cc(C)ccc2C)C(=O)CC1. The van der Waals surface area contributed by atoms with Crippen LogP contribution in [0.15, 0.2) is 47.6 Å². The minimum atomic E-state index is -0.463. The predicted octanol–water partition coefficient (Wildman–Crippen LogP) is 2.79. The van der Waals surface area contributed by atoms with Crippen molar-refractivity contribution in [2.45, 2.75) is 26.7 Å². The van der Waals surface area contributed by atoms with Crippen LogP contribution in [-0.4, -0.2) is 30.0 Å². The van der Waals surface area contributed by atoms with Gasteiger partial charge in [-0.15, -0.1) is 6.42 Å². The number of hydrogen-bond acceptors (Lipinski definition) is 4. The van der Waals surface area contributed by atoms with Crippen LogP contribution in [-0.2, 0) is 9.59 Å². The summed E-state index contributed by atoms with van der Waals surface area (Å²) in [4.78, 5) is 37.6. The van der Waals surface area contributed by atoms with Crippen LogP contribution >= 0.6 is 0 Å². The molecule has 1 aliphatic heterocycles. The Bertz CT molecular complexity index is 1080. The maximum absolute atomic E-state index is 12.8. The quantitative estimate of drug-likeness (QED) is 0.754. The molecule has 0 bridgehead atoms. The van der Waals surface area contributed by atoms with Crippen LogP contribution in [0.3, 0.4) is 0 Å². The highest BCUT2D eigenvalue weighted by atomic mass is 16.2. The summed E-state index contributed by atoms with van der Waals surface area (Å²) >= 11 is 0. The van der Waals surface area contributed by atoms with Gasteiger partial charge >= 0.3 is 0 Å². The summed E-state index contributed by atoms with van der Waals surface area (Å²) in [5, 5.41) is 10.9. The Balaban J connectivity index is 1.86. The molecule has 1 aliphatic rings. The topological polar surface area (TPSA) is 90.9 Å². The van der Waals surface area contributed by atoms with Gasteiger partial charge in [0.25, 0.3) is 11.8 Å². The van der Waals surface area contributed by atoms with E-state index in [0.717, 1.165) is 11.1 Å². The van der Waals surface area contributed by atoms with Gasteiger partial charge in [0.1, 0.15) is 5.71 Å². The van der Waals surface area contributed by atoms with Gasteiger partial charge in [0.15, 0.2) is 0 Å². The molecule has 0 radical (unpaired) electrons. The zero-order valence-electron chi connectivity index (χ0n) is 16.9. The van der Waals surface area contributed by atoms with E-state index in [1.165, 1.54) is 5.01 Å². The van der Waals surface area contributed by atoms with Crippen LogP contribution < -0.4 is 15.6 Å². The molecule has 0 atom stereocenters. The van der Waals surface area contributed by atoms with Gasteiger partial charge in [-0.25, -0.2) is 5.01 Å². The molecule has 152 valence electrons. The Morgan fingerprint density at radius 2 is 1.90 bits per heavy atom. The van der Waals surface area contributed by atoms with E-state index in [1.807, 2.05) is 32.0 Å². The third-order valence-electron chi connectivity index (χ3n) is 4.66. The summed E-state index contributed by atoms with van der Waals surface area (Å²) in [6.07, 6.45) is 5.57. The first-order valence-electron chi connectivity index (χ1n) is 9.50. The number of terminal acetylenes is 1. The first-order valence-corrected chi connectivity index (χ1v) is 9.50. The Morgan fingerprint density at radius 1 is 1.13 bits per heavy atom. The molecule has 0 saturated carbocycles. The van der Waals surface area contributed by atoms with Crippen molar-refractivity contribution in [2.75, 3.05) is 16.9 Å². The first-order chi connectivity index (χ1) is 14.4. The fourth-order valence-electron chi connectivity index (χ4n) is 3.06. The number of hydrazone groups is 1. The molecule has 0 aromatic heterocycles. The number of rotatable bonds is 5.